The summed E-state index contributed by atoms with van der Waals surface area (Å²) in [7, 11) is -2.74. The number of hydrogen-bond acceptors (Lipinski definition) is 7. The predicted molar refractivity (Wildman–Crippen MR) is 123 cm³/mol. The average molecular weight is 492 g/mol. The molecule has 0 saturated carbocycles. The van der Waals surface area contributed by atoms with Crippen LogP contribution in [0.4, 0.5) is 5.69 Å². The number of benzene rings is 2. The highest BCUT2D eigenvalue weighted by atomic mass is 35.5. The van der Waals surface area contributed by atoms with Crippen LogP contribution in [0.5, 0.6) is 5.75 Å². The van der Waals surface area contributed by atoms with Gasteiger partial charge in [-0.1, -0.05) is 29.8 Å². The predicted octanol–water partition coefficient (Wildman–Crippen LogP) is 2.92. The lowest BCUT2D eigenvalue weighted by Gasteiger charge is -2.25. The summed E-state index contributed by atoms with van der Waals surface area (Å²) >= 11 is 6.08. The molecule has 0 heterocycles. The molecular weight excluding hydrogens is 470 g/mol. The van der Waals surface area contributed by atoms with Gasteiger partial charge in [0.1, 0.15) is 5.75 Å². The Labute approximate surface area is 197 Å². The summed E-state index contributed by atoms with van der Waals surface area (Å²) in [5.41, 5.74) is 0.0640. The Kier molecular flexibility index (Phi) is 9.27. The summed E-state index contributed by atoms with van der Waals surface area (Å²) in [5, 5.41) is 10.8. The Morgan fingerprint density at radius 2 is 2.00 bits per heavy atom. The van der Waals surface area contributed by atoms with Crippen LogP contribution in [0.3, 0.4) is 0 Å². The van der Waals surface area contributed by atoms with Crippen LogP contribution < -0.4 is 14.4 Å². The number of nitrogens with zero attached hydrogens (tertiary/aromatic N) is 2. The van der Waals surface area contributed by atoms with Crippen LogP contribution in [-0.4, -0.2) is 47.1 Å². The fourth-order valence-corrected chi connectivity index (χ4v) is 4.41. The largest absolute Gasteiger partial charge is 0.495 e. The topological polar surface area (TPSA) is 126 Å². The molecule has 0 aromatic heterocycles. The highest BCUT2D eigenvalue weighted by molar-refractivity contribution is 7.92. The lowest BCUT2D eigenvalue weighted by atomic mass is 10.2. The van der Waals surface area contributed by atoms with Gasteiger partial charge in [-0.3, -0.25) is 9.10 Å². The molecule has 0 atom stereocenters. The Hall–Kier alpha value is -3.55. The van der Waals surface area contributed by atoms with Crippen molar-refractivity contribution in [3.8, 4) is 11.8 Å². The van der Waals surface area contributed by atoms with Crippen molar-refractivity contribution in [2.24, 2.45) is 0 Å². The molecule has 2 aromatic rings. The van der Waals surface area contributed by atoms with E-state index in [9.17, 15) is 18.0 Å². The minimum Gasteiger partial charge on any atom is -0.495 e. The van der Waals surface area contributed by atoms with E-state index < -0.39 is 28.5 Å². The van der Waals surface area contributed by atoms with Crippen molar-refractivity contribution < 1.29 is 27.5 Å². The van der Waals surface area contributed by atoms with Gasteiger partial charge in [0, 0.05) is 6.54 Å². The van der Waals surface area contributed by atoms with Crippen LogP contribution in [0.25, 0.3) is 0 Å². The molecule has 9 nitrogen and oxygen atoms in total. The average Bonchev–Trinajstić information content (AvgIpc) is 2.81. The molecule has 0 spiro atoms. The second kappa shape index (κ2) is 11.9. The third-order valence-corrected chi connectivity index (χ3v) is 6.39. The molecule has 0 unspecified atom stereocenters. The van der Waals surface area contributed by atoms with Crippen molar-refractivity contribution in [2.75, 3.05) is 31.1 Å². The molecule has 174 valence electrons. The number of hydrogen-bond donors (Lipinski definition) is 1. The number of anilines is 1. The molecule has 0 bridgehead atoms. The minimum atomic E-state index is -4.16. The molecule has 0 fully saturated rings. The lowest BCUT2D eigenvalue weighted by Crippen LogP contribution is -2.32. The van der Waals surface area contributed by atoms with Crippen LogP contribution in [-0.2, 0) is 19.6 Å². The highest BCUT2D eigenvalue weighted by Crippen LogP contribution is 2.33. The normalized spacial score (nSPS) is 10.6. The second-order valence-corrected chi connectivity index (χ2v) is 8.74. The van der Waals surface area contributed by atoms with E-state index in [1.165, 1.54) is 25.3 Å². The van der Waals surface area contributed by atoms with Crippen molar-refractivity contribution in [2.45, 2.75) is 11.3 Å². The minimum absolute atomic E-state index is 0.0450. The zero-order valence-corrected chi connectivity index (χ0v) is 19.4. The molecule has 2 rings (SSSR count). The number of carbonyl (C=O) groups is 2. The Balaban J connectivity index is 2.33. The first-order valence-corrected chi connectivity index (χ1v) is 11.4. The standard InChI is InChI=1S/C22H22ClN3O6S/c1-3-13-26(19-7-4-5-8-20(19)31-2)33(29,30)16-9-10-18(23)17(14-16)22(28)32-15-21(27)25-12-6-11-24/h3-5,7-10,14H,1,6,12-13,15H2,2H3,(H,25,27). The van der Waals surface area contributed by atoms with Gasteiger partial charge in [0.25, 0.3) is 15.9 Å². The van der Waals surface area contributed by atoms with Crippen molar-refractivity contribution in [1.82, 2.24) is 5.32 Å². The highest BCUT2D eigenvalue weighted by Gasteiger charge is 2.28. The number of rotatable bonds is 11. The molecule has 11 heteroatoms. The van der Waals surface area contributed by atoms with E-state index in [4.69, 9.17) is 26.3 Å². The Morgan fingerprint density at radius 1 is 1.27 bits per heavy atom. The van der Waals surface area contributed by atoms with Crippen LogP contribution in [0.15, 0.2) is 60.0 Å². The molecule has 1 amide bonds. The smallest absolute Gasteiger partial charge is 0.340 e. The number of halogens is 1. The first-order chi connectivity index (χ1) is 15.8. The number of ether oxygens (including phenoxy) is 2. The first kappa shape index (κ1) is 25.7. The molecule has 0 aliphatic carbocycles. The third-order valence-electron chi connectivity index (χ3n) is 4.29. The van der Waals surface area contributed by atoms with Gasteiger partial charge in [0.15, 0.2) is 6.61 Å². The molecule has 1 N–H and O–H groups in total. The summed E-state index contributed by atoms with van der Waals surface area (Å²) in [6, 6.07) is 12.0. The molecule has 33 heavy (non-hydrogen) atoms. The number of carbonyl (C=O) groups excluding carboxylic acids is 2. The van der Waals surface area contributed by atoms with Gasteiger partial charge >= 0.3 is 5.97 Å². The number of nitrogens with one attached hydrogen (secondary N) is 1. The van der Waals surface area contributed by atoms with Crippen LogP contribution in [0, 0.1) is 11.3 Å². The summed E-state index contributed by atoms with van der Waals surface area (Å²) < 4.78 is 38.2. The van der Waals surface area contributed by atoms with Gasteiger partial charge < -0.3 is 14.8 Å². The fourth-order valence-electron chi connectivity index (χ4n) is 2.75. The second-order valence-electron chi connectivity index (χ2n) is 6.47. The maximum atomic E-state index is 13.4. The van der Waals surface area contributed by atoms with Gasteiger partial charge in [-0.15, -0.1) is 6.58 Å². The summed E-state index contributed by atoms with van der Waals surface area (Å²) in [5.74, 6) is -1.24. The lowest BCUT2D eigenvalue weighted by molar-refractivity contribution is -0.124. The van der Waals surface area contributed by atoms with Gasteiger partial charge in [0.2, 0.25) is 0 Å². The van der Waals surface area contributed by atoms with E-state index in [-0.39, 0.29) is 40.7 Å². The van der Waals surface area contributed by atoms with Gasteiger partial charge in [-0.05, 0) is 30.3 Å². The monoisotopic (exact) mass is 491 g/mol. The zero-order chi connectivity index (χ0) is 24.4. The van der Waals surface area contributed by atoms with Crippen molar-refractivity contribution in [3.05, 3.63) is 65.7 Å². The molecule has 0 aliphatic rings. The Bertz CT molecular complexity index is 1180. The van der Waals surface area contributed by atoms with Gasteiger partial charge in [0.05, 0.1) is 47.3 Å². The summed E-state index contributed by atoms with van der Waals surface area (Å²) in [6.07, 6.45) is 1.53. The molecule has 0 radical (unpaired) electrons. The number of amides is 1. The maximum absolute atomic E-state index is 13.4. The van der Waals surface area contributed by atoms with E-state index in [1.807, 2.05) is 6.07 Å². The number of esters is 1. The van der Waals surface area contributed by atoms with E-state index >= 15 is 0 Å². The van der Waals surface area contributed by atoms with E-state index in [0.29, 0.717) is 5.75 Å². The van der Waals surface area contributed by atoms with Crippen molar-refractivity contribution in [1.29, 1.82) is 5.26 Å². The number of methoxy groups -OCH3 is 1. The number of nitriles is 1. The SMILES string of the molecule is C=CCN(c1ccccc1OC)S(=O)(=O)c1ccc(Cl)c(C(=O)OCC(=O)NCCC#N)c1. The quantitative estimate of drug-likeness (QED) is 0.291. The zero-order valence-electron chi connectivity index (χ0n) is 17.8. The maximum Gasteiger partial charge on any atom is 0.340 e. The van der Waals surface area contributed by atoms with Crippen LogP contribution in [0.1, 0.15) is 16.8 Å². The van der Waals surface area contributed by atoms with E-state index in [1.54, 1.807) is 24.3 Å². The van der Waals surface area contributed by atoms with Crippen molar-refractivity contribution >= 4 is 39.2 Å². The van der Waals surface area contributed by atoms with Crippen LogP contribution >= 0.6 is 11.6 Å². The number of para-hydroxylation sites is 2. The molecular formula is C22H22ClN3O6S. The van der Waals surface area contributed by atoms with Gasteiger partial charge in [-0.2, -0.15) is 5.26 Å². The van der Waals surface area contributed by atoms with E-state index in [2.05, 4.69) is 11.9 Å². The summed E-state index contributed by atoms with van der Waals surface area (Å²) in [6.45, 7) is 3.06. The molecule has 2 aromatic carbocycles. The van der Waals surface area contributed by atoms with Gasteiger partial charge in [-0.25, -0.2) is 13.2 Å². The first-order valence-electron chi connectivity index (χ1n) is 9.63. The van der Waals surface area contributed by atoms with Crippen LogP contribution in [0.2, 0.25) is 5.02 Å². The third kappa shape index (κ3) is 6.47. The molecule has 0 aliphatic heterocycles. The van der Waals surface area contributed by atoms with Crippen molar-refractivity contribution in [3.63, 3.8) is 0 Å². The Morgan fingerprint density at radius 3 is 2.67 bits per heavy atom. The molecule has 0 saturated heterocycles. The number of sulfonamides is 1. The summed E-state index contributed by atoms with van der Waals surface area (Å²) in [4.78, 5) is 23.9. The fraction of sp³-hybridized carbons (Fsp3) is 0.227. The van der Waals surface area contributed by atoms with E-state index in [0.717, 1.165) is 10.4 Å².